The van der Waals surface area contributed by atoms with Crippen molar-refractivity contribution in [3.8, 4) is 0 Å². The molecule has 20 heavy (non-hydrogen) atoms. The highest BCUT2D eigenvalue weighted by Crippen LogP contribution is 2.15. The SMILES string of the molecule is Cc1cc2ncc(C(=O)N3CCNC[C@H]3C)c(C)n2n1. The molecular formula is C14H19N5O. The first kappa shape index (κ1) is 13.1. The fourth-order valence-corrected chi connectivity index (χ4v) is 2.67. The molecule has 6 nitrogen and oxygen atoms in total. The molecule has 0 bridgehead atoms. The second-order valence-electron chi connectivity index (χ2n) is 5.36. The largest absolute Gasteiger partial charge is 0.333 e. The monoisotopic (exact) mass is 273 g/mol. The van der Waals surface area contributed by atoms with E-state index in [1.165, 1.54) is 0 Å². The van der Waals surface area contributed by atoms with Gasteiger partial charge in [-0.1, -0.05) is 0 Å². The van der Waals surface area contributed by atoms with Crippen molar-refractivity contribution >= 4 is 11.6 Å². The molecule has 0 unspecified atom stereocenters. The van der Waals surface area contributed by atoms with E-state index < -0.39 is 0 Å². The van der Waals surface area contributed by atoms with Crippen LogP contribution in [0.2, 0.25) is 0 Å². The molecule has 0 radical (unpaired) electrons. The van der Waals surface area contributed by atoms with Crippen molar-refractivity contribution in [3.05, 3.63) is 29.2 Å². The summed E-state index contributed by atoms with van der Waals surface area (Å²) in [4.78, 5) is 18.9. The number of aryl methyl sites for hydroxylation is 2. The van der Waals surface area contributed by atoms with Gasteiger partial charge in [-0.15, -0.1) is 0 Å². The summed E-state index contributed by atoms with van der Waals surface area (Å²) in [5, 5.41) is 7.68. The number of carbonyl (C=O) groups is 1. The number of amides is 1. The Labute approximate surface area is 117 Å². The first-order valence-electron chi connectivity index (χ1n) is 6.91. The Morgan fingerprint density at radius 1 is 1.45 bits per heavy atom. The molecule has 2 aromatic rings. The number of fused-ring (bicyclic) bond motifs is 1. The van der Waals surface area contributed by atoms with Crippen molar-refractivity contribution in [2.45, 2.75) is 26.8 Å². The third-order valence-electron chi connectivity index (χ3n) is 3.84. The molecule has 0 aromatic carbocycles. The Hall–Kier alpha value is -1.95. The minimum Gasteiger partial charge on any atom is -0.333 e. The van der Waals surface area contributed by atoms with Crippen LogP contribution in [0.5, 0.6) is 0 Å². The van der Waals surface area contributed by atoms with Gasteiger partial charge < -0.3 is 10.2 Å². The van der Waals surface area contributed by atoms with Crippen molar-refractivity contribution < 1.29 is 4.79 Å². The van der Waals surface area contributed by atoms with Gasteiger partial charge in [0.1, 0.15) is 0 Å². The van der Waals surface area contributed by atoms with Crippen molar-refractivity contribution in [1.82, 2.24) is 24.8 Å². The van der Waals surface area contributed by atoms with E-state index >= 15 is 0 Å². The highest BCUT2D eigenvalue weighted by Gasteiger charge is 2.26. The maximum Gasteiger partial charge on any atom is 0.257 e. The molecule has 1 amide bonds. The first-order valence-corrected chi connectivity index (χ1v) is 6.91. The second-order valence-corrected chi connectivity index (χ2v) is 5.36. The van der Waals surface area contributed by atoms with Crippen LogP contribution < -0.4 is 5.32 Å². The number of aromatic nitrogens is 3. The number of carbonyl (C=O) groups excluding carboxylic acids is 1. The predicted octanol–water partition coefficient (Wildman–Crippen LogP) is 0.780. The Morgan fingerprint density at radius 3 is 3.00 bits per heavy atom. The summed E-state index contributed by atoms with van der Waals surface area (Å²) < 4.78 is 1.75. The average Bonchev–Trinajstić information content (AvgIpc) is 2.81. The Kier molecular flexibility index (Phi) is 3.17. The lowest BCUT2D eigenvalue weighted by Gasteiger charge is -2.34. The predicted molar refractivity (Wildman–Crippen MR) is 75.8 cm³/mol. The van der Waals surface area contributed by atoms with Gasteiger partial charge in [0.15, 0.2) is 5.65 Å². The maximum absolute atomic E-state index is 12.7. The van der Waals surface area contributed by atoms with Crippen molar-refractivity contribution in [2.75, 3.05) is 19.6 Å². The lowest BCUT2D eigenvalue weighted by Crippen LogP contribution is -2.52. The number of nitrogens with zero attached hydrogens (tertiary/aromatic N) is 4. The van der Waals surface area contributed by atoms with E-state index in [0.29, 0.717) is 5.56 Å². The quantitative estimate of drug-likeness (QED) is 0.834. The highest BCUT2D eigenvalue weighted by atomic mass is 16.2. The zero-order chi connectivity index (χ0) is 14.3. The van der Waals surface area contributed by atoms with Crippen LogP contribution in [-0.2, 0) is 0 Å². The van der Waals surface area contributed by atoms with Crippen LogP contribution in [0.1, 0.15) is 28.7 Å². The van der Waals surface area contributed by atoms with Crippen molar-refractivity contribution in [2.24, 2.45) is 0 Å². The van der Waals surface area contributed by atoms with E-state index in [9.17, 15) is 4.79 Å². The van der Waals surface area contributed by atoms with E-state index in [2.05, 4.69) is 22.3 Å². The third kappa shape index (κ3) is 2.06. The maximum atomic E-state index is 12.7. The zero-order valence-corrected chi connectivity index (χ0v) is 12.1. The molecule has 3 rings (SSSR count). The molecule has 1 atom stereocenters. The number of rotatable bonds is 1. The first-order chi connectivity index (χ1) is 9.58. The van der Waals surface area contributed by atoms with Crippen LogP contribution in [0.4, 0.5) is 0 Å². The summed E-state index contributed by atoms with van der Waals surface area (Å²) in [6, 6.07) is 2.11. The van der Waals surface area contributed by atoms with Crippen LogP contribution in [-0.4, -0.2) is 51.1 Å². The molecule has 0 saturated carbocycles. The lowest BCUT2D eigenvalue weighted by atomic mass is 10.1. The summed E-state index contributed by atoms with van der Waals surface area (Å²) in [7, 11) is 0. The minimum absolute atomic E-state index is 0.0408. The summed E-state index contributed by atoms with van der Waals surface area (Å²) in [6.07, 6.45) is 1.67. The van der Waals surface area contributed by atoms with Crippen molar-refractivity contribution in [3.63, 3.8) is 0 Å². The average molecular weight is 273 g/mol. The molecule has 1 aliphatic rings. The van der Waals surface area contributed by atoms with Crippen LogP contribution in [0, 0.1) is 13.8 Å². The van der Waals surface area contributed by atoms with Crippen LogP contribution in [0.15, 0.2) is 12.3 Å². The van der Waals surface area contributed by atoms with Gasteiger partial charge in [0.25, 0.3) is 5.91 Å². The smallest absolute Gasteiger partial charge is 0.257 e. The van der Waals surface area contributed by atoms with E-state index in [-0.39, 0.29) is 11.9 Å². The standard InChI is InChI=1S/C14H19N5O/c1-9-6-13-16-8-12(11(3)19(13)17-9)14(20)18-5-4-15-7-10(18)2/h6,8,10,15H,4-5,7H2,1-3H3/t10-/m1/s1. The number of hydrogen-bond donors (Lipinski definition) is 1. The normalized spacial score (nSPS) is 19.6. The number of hydrogen-bond acceptors (Lipinski definition) is 4. The molecule has 2 aromatic heterocycles. The van der Waals surface area contributed by atoms with Crippen molar-refractivity contribution in [1.29, 1.82) is 0 Å². The van der Waals surface area contributed by atoms with Gasteiger partial charge in [0, 0.05) is 37.9 Å². The lowest BCUT2D eigenvalue weighted by molar-refractivity contribution is 0.0653. The summed E-state index contributed by atoms with van der Waals surface area (Å²) in [5.41, 5.74) is 3.17. The van der Waals surface area contributed by atoms with E-state index in [4.69, 9.17) is 0 Å². The minimum atomic E-state index is 0.0408. The molecule has 6 heteroatoms. The fourth-order valence-electron chi connectivity index (χ4n) is 2.67. The molecule has 1 saturated heterocycles. The third-order valence-corrected chi connectivity index (χ3v) is 3.84. The highest BCUT2D eigenvalue weighted by molar-refractivity contribution is 5.95. The Morgan fingerprint density at radius 2 is 2.25 bits per heavy atom. The molecule has 3 heterocycles. The summed E-state index contributed by atoms with van der Waals surface area (Å²) in [6.45, 7) is 8.31. The van der Waals surface area contributed by atoms with E-state index in [1.54, 1.807) is 10.7 Å². The van der Waals surface area contributed by atoms with E-state index in [0.717, 1.165) is 36.7 Å². The summed E-state index contributed by atoms with van der Waals surface area (Å²) >= 11 is 0. The second kappa shape index (κ2) is 4.86. The summed E-state index contributed by atoms with van der Waals surface area (Å²) in [5.74, 6) is 0.0408. The van der Waals surface area contributed by atoms with Crippen LogP contribution in [0.25, 0.3) is 5.65 Å². The molecule has 1 fully saturated rings. The number of nitrogens with one attached hydrogen (secondary N) is 1. The topological polar surface area (TPSA) is 62.5 Å². The molecule has 0 spiro atoms. The fraction of sp³-hybridized carbons (Fsp3) is 0.500. The molecule has 0 aliphatic carbocycles. The molecule has 1 N–H and O–H groups in total. The zero-order valence-electron chi connectivity index (χ0n) is 12.1. The van der Waals surface area contributed by atoms with Crippen LogP contribution in [0.3, 0.4) is 0 Å². The van der Waals surface area contributed by atoms with Gasteiger partial charge in [0.2, 0.25) is 0 Å². The number of piperazine rings is 1. The van der Waals surface area contributed by atoms with Gasteiger partial charge in [-0.05, 0) is 20.8 Å². The van der Waals surface area contributed by atoms with Gasteiger partial charge in [-0.25, -0.2) is 9.50 Å². The molecular weight excluding hydrogens is 254 g/mol. The Bertz CT molecular complexity index is 663. The van der Waals surface area contributed by atoms with E-state index in [1.807, 2.05) is 24.8 Å². The van der Waals surface area contributed by atoms with Crippen LogP contribution >= 0.6 is 0 Å². The Balaban J connectivity index is 2.00. The van der Waals surface area contributed by atoms with Gasteiger partial charge in [0.05, 0.1) is 17.0 Å². The van der Waals surface area contributed by atoms with Gasteiger partial charge in [-0.2, -0.15) is 5.10 Å². The van der Waals surface area contributed by atoms with Gasteiger partial charge in [-0.3, -0.25) is 4.79 Å². The van der Waals surface area contributed by atoms with Gasteiger partial charge >= 0.3 is 0 Å². The molecule has 1 aliphatic heterocycles. The molecule has 106 valence electrons.